The first-order valence-electron chi connectivity index (χ1n) is 5.26. The highest BCUT2D eigenvalue weighted by molar-refractivity contribution is 5.44. The van der Waals surface area contributed by atoms with Gasteiger partial charge in [-0.15, -0.1) is 0 Å². The number of halogens is 1. The van der Waals surface area contributed by atoms with Crippen LogP contribution in [0.3, 0.4) is 0 Å². The Hall–Kier alpha value is -1.09. The van der Waals surface area contributed by atoms with Crippen LogP contribution < -0.4 is 10.5 Å². The standard InChI is InChI=1S/C12H16FNO/c1-15-10-4-2-3-9(13)11(10)12(5-6-12)7-8-14/h2-4H,5-8,14H2,1H3. The molecule has 1 aromatic rings. The van der Waals surface area contributed by atoms with Crippen LogP contribution in [-0.2, 0) is 5.41 Å². The Bertz CT molecular complexity index is 361. The lowest BCUT2D eigenvalue weighted by Gasteiger charge is -2.18. The molecule has 1 aliphatic rings. The number of hydrogen-bond acceptors (Lipinski definition) is 2. The molecule has 0 heterocycles. The van der Waals surface area contributed by atoms with Crippen molar-refractivity contribution in [2.75, 3.05) is 13.7 Å². The number of benzene rings is 1. The monoisotopic (exact) mass is 209 g/mol. The van der Waals surface area contributed by atoms with Gasteiger partial charge in [0.25, 0.3) is 0 Å². The smallest absolute Gasteiger partial charge is 0.130 e. The van der Waals surface area contributed by atoms with Crippen LogP contribution in [0.1, 0.15) is 24.8 Å². The minimum atomic E-state index is -0.166. The number of rotatable bonds is 4. The highest BCUT2D eigenvalue weighted by atomic mass is 19.1. The average Bonchev–Trinajstić information content (AvgIpc) is 2.98. The van der Waals surface area contributed by atoms with Crippen LogP contribution >= 0.6 is 0 Å². The molecule has 0 aromatic heterocycles. The van der Waals surface area contributed by atoms with Gasteiger partial charge in [-0.25, -0.2) is 4.39 Å². The van der Waals surface area contributed by atoms with Gasteiger partial charge in [0, 0.05) is 11.0 Å². The normalized spacial score (nSPS) is 17.5. The molecule has 0 bridgehead atoms. The Morgan fingerprint density at radius 3 is 2.73 bits per heavy atom. The lowest BCUT2D eigenvalue weighted by atomic mass is 9.91. The fourth-order valence-corrected chi connectivity index (χ4v) is 2.24. The SMILES string of the molecule is COc1cccc(F)c1C1(CCN)CC1. The fraction of sp³-hybridized carbons (Fsp3) is 0.500. The maximum Gasteiger partial charge on any atom is 0.130 e. The number of hydrogen-bond donors (Lipinski definition) is 1. The van der Waals surface area contributed by atoms with Gasteiger partial charge in [0.05, 0.1) is 7.11 Å². The molecule has 0 saturated heterocycles. The van der Waals surface area contributed by atoms with E-state index in [2.05, 4.69) is 0 Å². The van der Waals surface area contributed by atoms with Crippen LogP contribution in [-0.4, -0.2) is 13.7 Å². The Kier molecular flexibility index (Phi) is 2.65. The topological polar surface area (TPSA) is 35.2 Å². The summed E-state index contributed by atoms with van der Waals surface area (Å²) in [6, 6.07) is 4.99. The van der Waals surface area contributed by atoms with Gasteiger partial charge in [-0.3, -0.25) is 0 Å². The molecular weight excluding hydrogens is 193 g/mol. The summed E-state index contributed by atoms with van der Waals surface area (Å²) in [4.78, 5) is 0. The molecule has 2 N–H and O–H groups in total. The summed E-state index contributed by atoms with van der Waals surface area (Å²) in [5.74, 6) is 0.487. The van der Waals surface area contributed by atoms with E-state index in [-0.39, 0.29) is 11.2 Å². The first-order valence-corrected chi connectivity index (χ1v) is 5.26. The Balaban J connectivity index is 2.42. The van der Waals surface area contributed by atoms with Gasteiger partial charge in [0.15, 0.2) is 0 Å². The van der Waals surface area contributed by atoms with Crippen molar-refractivity contribution in [2.24, 2.45) is 5.73 Å². The van der Waals surface area contributed by atoms with Crippen LogP contribution in [0.2, 0.25) is 0 Å². The van der Waals surface area contributed by atoms with Gasteiger partial charge in [-0.05, 0) is 37.9 Å². The molecule has 82 valence electrons. The van der Waals surface area contributed by atoms with Crippen molar-refractivity contribution in [3.8, 4) is 5.75 Å². The van der Waals surface area contributed by atoms with Crippen LogP contribution in [0.5, 0.6) is 5.75 Å². The molecule has 1 aliphatic carbocycles. The molecule has 0 aliphatic heterocycles. The third kappa shape index (κ3) is 1.72. The zero-order valence-electron chi connectivity index (χ0n) is 8.92. The third-order valence-corrected chi connectivity index (χ3v) is 3.20. The van der Waals surface area contributed by atoms with E-state index in [0.717, 1.165) is 24.8 Å². The quantitative estimate of drug-likeness (QED) is 0.825. The molecule has 0 amide bonds. The highest BCUT2D eigenvalue weighted by Gasteiger charge is 2.46. The Morgan fingerprint density at radius 1 is 1.47 bits per heavy atom. The van der Waals surface area contributed by atoms with E-state index < -0.39 is 0 Å². The van der Waals surface area contributed by atoms with Gasteiger partial charge < -0.3 is 10.5 Å². The van der Waals surface area contributed by atoms with E-state index in [1.54, 1.807) is 13.2 Å². The lowest BCUT2D eigenvalue weighted by molar-refractivity contribution is 0.394. The van der Waals surface area contributed by atoms with Crippen LogP contribution in [0, 0.1) is 5.82 Å². The second-order valence-corrected chi connectivity index (χ2v) is 4.14. The molecule has 1 fully saturated rings. The van der Waals surface area contributed by atoms with Crippen molar-refractivity contribution in [3.05, 3.63) is 29.6 Å². The first kappa shape index (κ1) is 10.4. The van der Waals surface area contributed by atoms with Crippen molar-refractivity contribution < 1.29 is 9.13 Å². The van der Waals surface area contributed by atoms with Crippen molar-refractivity contribution in [1.29, 1.82) is 0 Å². The van der Waals surface area contributed by atoms with Crippen molar-refractivity contribution in [1.82, 2.24) is 0 Å². The summed E-state index contributed by atoms with van der Waals surface area (Å²) in [5.41, 5.74) is 6.24. The summed E-state index contributed by atoms with van der Waals surface area (Å²) in [6.07, 6.45) is 2.87. The third-order valence-electron chi connectivity index (χ3n) is 3.20. The van der Waals surface area contributed by atoms with Gasteiger partial charge >= 0.3 is 0 Å². The van der Waals surface area contributed by atoms with E-state index in [9.17, 15) is 4.39 Å². The molecule has 2 rings (SSSR count). The number of methoxy groups -OCH3 is 1. The predicted molar refractivity (Wildman–Crippen MR) is 57.5 cm³/mol. The predicted octanol–water partition coefficient (Wildman–Crippen LogP) is 2.21. The molecule has 15 heavy (non-hydrogen) atoms. The zero-order chi connectivity index (χ0) is 10.9. The van der Waals surface area contributed by atoms with E-state index in [1.165, 1.54) is 6.07 Å². The Morgan fingerprint density at radius 2 is 2.20 bits per heavy atom. The van der Waals surface area contributed by atoms with Gasteiger partial charge in [0.1, 0.15) is 11.6 Å². The molecule has 0 atom stereocenters. The highest BCUT2D eigenvalue weighted by Crippen LogP contribution is 2.54. The van der Waals surface area contributed by atoms with E-state index >= 15 is 0 Å². The maximum atomic E-state index is 13.8. The molecule has 2 nitrogen and oxygen atoms in total. The first-order chi connectivity index (χ1) is 7.23. The lowest BCUT2D eigenvalue weighted by Crippen LogP contribution is -2.16. The molecule has 0 radical (unpaired) electrons. The fourth-order valence-electron chi connectivity index (χ4n) is 2.24. The molecule has 1 aromatic carbocycles. The van der Waals surface area contributed by atoms with E-state index in [1.807, 2.05) is 6.07 Å². The van der Waals surface area contributed by atoms with Gasteiger partial charge in [0.2, 0.25) is 0 Å². The van der Waals surface area contributed by atoms with Gasteiger partial charge in [-0.2, -0.15) is 0 Å². The van der Waals surface area contributed by atoms with Crippen LogP contribution in [0.25, 0.3) is 0 Å². The van der Waals surface area contributed by atoms with E-state index in [0.29, 0.717) is 12.3 Å². The number of nitrogens with two attached hydrogens (primary N) is 1. The van der Waals surface area contributed by atoms with Crippen LogP contribution in [0.15, 0.2) is 18.2 Å². The molecular formula is C12H16FNO. The summed E-state index contributed by atoms with van der Waals surface area (Å²) in [6.45, 7) is 0.595. The molecule has 0 spiro atoms. The summed E-state index contributed by atoms with van der Waals surface area (Å²) >= 11 is 0. The summed E-state index contributed by atoms with van der Waals surface area (Å²) in [5, 5.41) is 0. The minimum absolute atomic E-state index is 0.0502. The van der Waals surface area contributed by atoms with Crippen LogP contribution in [0.4, 0.5) is 4.39 Å². The van der Waals surface area contributed by atoms with Crippen molar-refractivity contribution in [3.63, 3.8) is 0 Å². The molecule has 0 unspecified atom stereocenters. The minimum Gasteiger partial charge on any atom is -0.496 e. The van der Waals surface area contributed by atoms with Gasteiger partial charge in [-0.1, -0.05) is 6.07 Å². The molecule has 1 saturated carbocycles. The van der Waals surface area contributed by atoms with Crippen molar-refractivity contribution >= 4 is 0 Å². The Labute approximate surface area is 89.2 Å². The van der Waals surface area contributed by atoms with Crippen molar-refractivity contribution in [2.45, 2.75) is 24.7 Å². The maximum absolute atomic E-state index is 13.8. The average molecular weight is 209 g/mol. The second-order valence-electron chi connectivity index (χ2n) is 4.14. The second kappa shape index (κ2) is 3.81. The zero-order valence-corrected chi connectivity index (χ0v) is 8.92. The largest absolute Gasteiger partial charge is 0.496 e. The summed E-state index contributed by atoms with van der Waals surface area (Å²) in [7, 11) is 1.58. The number of ether oxygens (including phenoxy) is 1. The van der Waals surface area contributed by atoms with E-state index in [4.69, 9.17) is 10.5 Å². The summed E-state index contributed by atoms with van der Waals surface area (Å²) < 4.78 is 19.0. The molecule has 3 heteroatoms.